The lowest BCUT2D eigenvalue weighted by atomic mass is 10.1. The number of amides is 2. The van der Waals surface area contributed by atoms with E-state index in [1.54, 1.807) is 48.5 Å². The Kier molecular flexibility index (Phi) is 6.50. The molecule has 0 fully saturated rings. The summed E-state index contributed by atoms with van der Waals surface area (Å²) in [5, 5.41) is 15.9. The average Bonchev–Trinajstić information content (AvgIpc) is 2.59. The summed E-state index contributed by atoms with van der Waals surface area (Å²) in [5.41, 5.74) is 1.27. The van der Waals surface area contributed by atoms with Gasteiger partial charge in [-0.1, -0.05) is 29.7 Å². The number of ether oxygens (including phenoxy) is 1. The molecule has 3 N–H and O–H groups in total. The Morgan fingerprint density at radius 1 is 1.21 bits per heavy atom. The highest BCUT2D eigenvalue weighted by molar-refractivity contribution is 6.30. The van der Waals surface area contributed by atoms with Crippen LogP contribution in [0.25, 0.3) is 0 Å². The van der Waals surface area contributed by atoms with Crippen LogP contribution in [0.1, 0.15) is 11.7 Å². The fraction of sp³-hybridized carbons (Fsp3) is 0.167. The van der Waals surface area contributed by atoms with E-state index < -0.39 is 12.1 Å². The van der Waals surface area contributed by atoms with Crippen LogP contribution < -0.4 is 15.4 Å². The van der Waals surface area contributed by atoms with Crippen molar-refractivity contribution < 1.29 is 14.6 Å². The third-order valence-corrected chi connectivity index (χ3v) is 3.40. The molecule has 1 unspecified atom stereocenters. The molecule has 24 heavy (non-hydrogen) atoms. The van der Waals surface area contributed by atoms with Gasteiger partial charge in [0, 0.05) is 17.3 Å². The lowest BCUT2D eigenvalue weighted by molar-refractivity contribution is 0.175. The van der Waals surface area contributed by atoms with E-state index >= 15 is 0 Å². The van der Waals surface area contributed by atoms with E-state index in [0.717, 1.165) is 0 Å². The molecule has 0 radical (unpaired) electrons. The molecular formula is C18H17ClN2O3. The van der Waals surface area contributed by atoms with Gasteiger partial charge in [0.25, 0.3) is 0 Å². The van der Waals surface area contributed by atoms with Crippen molar-refractivity contribution in [3.05, 3.63) is 59.1 Å². The zero-order chi connectivity index (χ0) is 17.4. The summed E-state index contributed by atoms with van der Waals surface area (Å²) in [6.45, 7) is 0.271. The number of aliphatic hydroxyl groups is 1. The number of benzene rings is 2. The molecule has 2 aromatic rings. The van der Waals surface area contributed by atoms with Gasteiger partial charge in [0.05, 0.1) is 6.10 Å². The minimum Gasteiger partial charge on any atom is -0.481 e. The molecule has 5 nitrogen and oxygen atoms in total. The van der Waals surface area contributed by atoms with Crippen LogP contribution >= 0.6 is 11.6 Å². The molecule has 0 saturated carbocycles. The number of aliphatic hydroxyl groups excluding tert-OH is 1. The van der Waals surface area contributed by atoms with Crippen LogP contribution in [0.15, 0.2) is 48.5 Å². The molecule has 0 heterocycles. The van der Waals surface area contributed by atoms with Crippen LogP contribution in [-0.2, 0) is 0 Å². The first-order valence-electron chi connectivity index (χ1n) is 7.23. The van der Waals surface area contributed by atoms with Crippen molar-refractivity contribution >= 4 is 23.3 Å². The number of terminal acetylenes is 1. The van der Waals surface area contributed by atoms with Gasteiger partial charge in [0.2, 0.25) is 0 Å². The van der Waals surface area contributed by atoms with E-state index in [1.807, 2.05) is 0 Å². The van der Waals surface area contributed by atoms with Crippen molar-refractivity contribution in [2.75, 3.05) is 18.5 Å². The summed E-state index contributed by atoms with van der Waals surface area (Å²) in [7, 11) is 0. The summed E-state index contributed by atoms with van der Waals surface area (Å²) in [4.78, 5) is 11.8. The third-order valence-electron chi connectivity index (χ3n) is 3.15. The molecule has 2 amide bonds. The maximum atomic E-state index is 11.8. The average molecular weight is 345 g/mol. The zero-order valence-corrected chi connectivity index (χ0v) is 13.6. The number of urea groups is 1. The minimum atomic E-state index is -0.812. The number of carbonyl (C=O) groups excluding carboxylic acids is 1. The smallest absolute Gasteiger partial charge is 0.319 e. The molecule has 0 saturated heterocycles. The Bertz CT molecular complexity index is 709. The highest BCUT2D eigenvalue weighted by Crippen LogP contribution is 2.17. The Morgan fingerprint density at radius 3 is 2.50 bits per heavy atom. The van der Waals surface area contributed by atoms with Gasteiger partial charge in [-0.2, -0.15) is 0 Å². The highest BCUT2D eigenvalue weighted by atomic mass is 35.5. The van der Waals surface area contributed by atoms with Gasteiger partial charge in [-0.3, -0.25) is 0 Å². The molecule has 6 heteroatoms. The largest absolute Gasteiger partial charge is 0.481 e. The zero-order valence-electron chi connectivity index (χ0n) is 12.8. The van der Waals surface area contributed by atoms with Gasteiger partial charge in [-0.05, 0) is 42.0 Å². The van der Waals surface area contributed by atoms with Gasteiger partial charge in [0.1, 0.15) is 12.4 Å². The quantitative estimate of drug-likeness (QED) is 0.705. The molecule has 0 aromatic heterocycles. The van der Waals surface area contributed by atoms with Crippen molar-refractivity contribution in [3.63, 3.8) is 0 Å². The van der Waals surface area contributed by atoms with Gasteiger partial charge >= 0.3 is 6.03 Å². The molecule has 124 valence electrons. The summed E-state index contributed by atoms with van der Waals surface area (Å²) in [6, 6.07) is 13.2. The Balaban J connectivity index is 1.80. The topological polar surface area (TPSA) is 70.6 Å². The number of anilines is 1. The van der Waals surface area contributed by atoms with E-state index in [-0.39, 0.29) is 13.2 Å². The number of carbonyl (C=O) groups is 1. The van der Waals surface area contributed by atoms with Gasteiger partial charge < -0.3 is 20.5 Å². The summed E-state index contributed by atoms with van der Waals surface area (Å²) in [5.74, 6) is 3.00. The van der Waals surface area contributed by atoms with Gasteiger partial charge in [0.15, 0.2) is 0 Å². The predicted octanol–water partition coefficient (Wildman–Crippen LogP) is 3.21. The molecule has 0 spiro atoms. The van der Waals surface area contributed by atoms with Gasteiger partial charge in [-0.25, -0.2) is 4.79 Å². The maximum absolute atomic E-state index is 11.8. The first-order chi connectivity index (χ1) is 11.6. The second-order valence-electron chi connectivity index (χ2n) is 4.92. The van der Waals surface area contributed by atoms with Gasteiger partial charge in [-0.15, -0.1) is 6.42 Å². The van der Waals surface area contributed by atoms with Crippen LogP contribution in [0.3, 0.4) is 0 Å². The second-order valence-corrected chi connectivity index (χ2v) is 5.36. The lowest BCUT2D eigenvalue weighted by Gasteiger charge is -2.13. The normalized spacial score (nSPS) is 11.2. The van der Waals surface area contributed by atoms with Crippen LogP contribution in [0.4, 0.5) is 10.5 Å². The molecule has 0 bridgehead atoms. The van der Waals surface area contributed by atoms with Crippen LogP contribution in [0, 0.1) is 12.3 Å². The first-order valence-corrected chi connectivity index (χ1v) is 7.61. The molecule has 0 aliphatic carbocycles. The Morgan fingerprint density at radius 2 is 1.88 bits per heavy atom. The summed E-state index contributed by atoms with van der Waals surface area (Å²) >= 11 is 5.79. The third kappa shape index (κ3) is 5.51. The van der Waals surface area contributed by atoms with E-state index in [0.29, 0.717) is 22.0 Å². The SMILES string of the molecule is C#CCOc1ccc(NC(=O)NCC(O)c2ccc(Cl)cc2)cc1. The monoisotopic (exact) mass is 344 g/mol. The predicted molar refractivity (Wildman–Crippen MR) is 94.2 cm³/mol. The second kappa shape index (κ2) is 8.82. The van der Waals surface area contributed by atoms with Crippen LogP contribution in [0.5, 0.6) is 5.75 Å². The number of hydrogen-bond donors (Lipinski definition) is 3. The minimum absolute atomic E-state index is 0.0802. The Hall–Kier alpha value is -2.68. The van der Waals surface area contributed by atoms with Crippen molar-refractivity contribution in [1.29, 1.82) is 0 Å². The number of nitrogens with one attached hydrogen (secondary N) is 2. The molecule has 0 aliphatic rings. The fourth-order valence-corrected chi connectivity index (χ4v) is 2.05. The molecular weight excluding hydrogens is 328 g/mol. The van der Waals surface area contributed by atoms with E-state index in [4.69, 9.17) is 22.8 Å². The number of rotatable bonds is 6. The number of hydrogen-bond acceptors (Lipinski definition) is 3. The Labute approximate surface area is 145 Å². The van der Waals surface area contributed by atoms with Crippen molar-refractivity contribution in [3.8, 4) is 18.1 Å². The van der Waals surface area contributed by atoms with Crippen LogP contribution in [-0.4, -0.2) is 24.3 Å². The first kappa shape index (κ1) is 17.7. The molecule has 2 aromatic carbocycles. The van der Waals surface area contributed by atoms with E-state index in [2.05, 4.69) is 16.6 Å². The van der Waals surface area contributed by atoms with E-state index in [9.17, 15) is 9.90 Å². The standard InChI is InChI=1S/C18H17ClN2O3/c1-2-11-24-16-9-7-15(8-10-16)21-18(23)20-12-17(22)13-3-5-14(19)6-4-13/h1,3-10,17,22H,11-12H2,(H2,20,21,23). The molecule has 0 aliphatic heterocycles. The van der Waals surface area contributed by atoms with E-state index in [1.165, 1.54) is 0 Å². The van der Waals surface area contributed by atoms with Crippen LogP contribution in [0.2, 0.25) is 5.02 Å². The van der Waals surface area contributed by atoms with Crippen molar-refractivity contribution in [1.82, 2.24) is 5.32 Å². The summed E-state index contributed by atoms with van der Waals surface area (Å²) < 4.78 is 5.24. The summed E-state index contributed by atoms with van der Waals surface area (Å²) in [6.07, 6.45) is 4.30. The molecule has 1 atom stereocenters. The molecule has 2 rings (SSSR count). The highest BCUT2D eigenvalue weighted by Gasteiger charge is 2.09. The van der Waals surface area contributed by atoms with Crippen molar-refractivity contribution in [2.24, 2.45) is 0 Å². The maximum Gasteiger partial charge on any atom is 0.319 e. The van der Waals surface area contributed by atoms with Crippen molar-refractivity contribution in [2.45, 2.75) is 6.10 Å². The number of halogens is 1. The lowest BCUT2D eigenvalue weighted by Crippen LogP contribution is -2.32. The fourth-order valence-electron chi connectivity index (χ4n) is 1.93.